The molecule has 5 aromatic rings. The lowest BCUT2D eigenvalue weighted by atomic mass is 10.0. The number of halogens is 2. The number of fused-ring (bicyclic) bond motifs is 1. The zero-order valence-electron chi connectivity index (χ0n) is 20.3. The van der Waals surface area contributed by atoms with Gasteiger partial charge in [0, 0.05) is 53.3 Å². The van der Waals surface area contributed by atoms with Crippen molar-refractivity contribution < 1.29 is 9.53 Å². The van der Waals surface area contributed by atoms with E-state index in [2.05, 4.69) is 25.5 Å². The van der Waals surface area contributed by atoms with Gasteiger partial charge in [-0.1, -0.05) is 35.3 Å². The van der Waals surface area contributed by atoms with E-state index >= 15 is 0 Å². The number of ether oxygens (including phenoxy) is 1. The van der Waals surface area contributed by atoms with Gasteiger partial charge in [-0.05, 0) is 55.8 Å². The summed E-state index contributed by atoms with van der Waals surface area (Å²) in [5.41, 5.74) is 6.47. The first-order valence-electron chi connectivity index (χ1n) is 11.6. The number of hydrogen-bond donors (Lipinski definition) is 2. The molecule has 5 rings (SSSR count). The molecule has 1 amide bonds. The van der Waals surface area contributed by atoms with Gasteiger partial charge in [-0.2, -0.15) is 5.10 Å². The van der Waals surface area contributed by atoms with Crippen molar-refractivity contribution in [3.8, 4) is 28.3 Å². The second-order valence-corrected chi connectivity index (χ2v) is 9.42. The molecule has 9 heteroatoms. The summed E-state index contributed by atoms with van der Waals surface area (Å²) in [4.78, 5) is 20.4. The van der Waals surface area contributed by atoms with Crippen molar-refractivity contribution in [1.29, 1.82) is 0 Å². The van der Waals surface area contributed by atoms with E-state index in [9.17, 15) is 4.79 Å². The summed E-state index contributed by atoms with van der Waals surface area (Å²) in [6.07, 6.45) is 4.52. The Hall–Kier alpha value is -3.94. The largest absolute Gasteiger partial charge is 0.486 e. The van der Waals surface area contributed by atoms with E-state index in [1.54, 1.807) is 37.8 Å². The fourth-order valence-electron chi connectivity index (χ4n) is 4.20. The van der Waals surface area contributed by atoms with Gasteiger partial charge >= 0.3 is 0 Å². The zero-order valence-corrected chi connectivity index (χ0v) is 21.9. The van der Waals surface area contributed by atoms with Crippen LogP contribution < -0.4 is 10.1 Å². The van der Waals surface area contributed by atoms with Crippen LogP contribution in [0.1, 0.15) is 34.5 Å². The number of carbonyl (C=O) groups is 1. The van der Waals surface area contributed by atoms with Gasteiger partial charge in [-0.25, -0.2) is 0 Å². The fraction of sp³-hybridized carbons (Fsp3) is 0.143. The Morgan fingerprint density at radius 1 is 1.00 bits per heavy atom. The van der Waals surface area contributed by atoms with Crippen molar-refractivity contribution in [3.05, 3.63) is 93.9 Å². The first-order valence-corrected chi connectivity index (χ1v) is 12.3. The van der Waals surface area contributed by atoms with Gasteiger partial charge in [0.1, 0.15) is 17.5 Å². The lowest BCUT2D eigenvalue weighted by molar-refractivity contribution is 0.0963. The monoisotopic (exact) mass is 531 g/mol. The van der Waals surface area contributed by atoms with Gasteiger partial charge in [-0.15, -0.1) is 0 Å². The summed E-state index contributed by atoms with van der Waals surface area (Å²) < 4.78 is 6.29. The van der Waals surface area contributed by atoms with Gasteiger partial charge in [0.05, 0.1) is 21.3 Å². The highest BCUT2D eigenvalue weighted by Crippen LogP contribution is 2.36. The van der Waals surface area contributed by atoms with Gasteiger partial charge < -0.3 is 10.1 Å². The van der Waals surface area contributed by atoms with Crippen LogP contribution in [-0.2, 0) is 0 Å². The molecule has 0 radical (unpaired) electrons. The van der Waals surface area contributed by atoms with E-state index in [1.165, 1.54) is 0 Å². The quantitative estimate of drug-likeness (QED) is 0.251. The minimum absolute atomic E-state index is 0.125. The molecule has 3 heterocycles. The van der Waals surface area contributed by atoms with E-state index in [0.29, 0.717) is 26.9 Å². The third kappa shape index (κ3) is 4.88. The Morgan fingerprint density at radius 3 is 2.35 bits per heavy atom. The average Bonchev–Trinajstić information content (AvgIpc) is 3.31. The van der Waals surface area contributed by atoms with Gasteiger partial charge in [0.25, 0.3) is 5.91 Å². The number of rotatable bonds is 6. The molecule has 2 N–H and O–H groups in total. The van der Waals surface area contributed by atoms with E-state index in [-0.39, 0.29) is 12.0 Å². The SMILES string of the molecule is CNC(=O)c1ccc(-c2ccc(-c3n[nH]c4cc(C)c(O[C@H](C)c5c(Cl)cncc5Cl)cc34)cn2)cc1. The first-order chi connectivity index (χ1) is 17.9. The molecule has 7 nitrogen and oxygen atoms in total. The third-order valence-corrected chi connectivity index (χ3v) is 6.77. The summed E-state index contributed by atoms with van der Waals surface area (Å²) in [7, 11) is 1.61. The predicted octanol–water partition coefficient (Wildman–Crippen LogP) is 6.80. The molecular formula is C28H23Cl2N5O2. The minimum atomic E-state index is -0.384. The molecule has 0 aliphatic heterocycles. The molecule has 3 aromatic heterocycles. The number of carbonyl (C=O) groups excluding carboxylic acids is 1. The number of H-pyrrole nitrogens is 1. The lowest BCUT2D eigenvalue weighted by Gasteiger charge is -2.19. The molecule has 186 valence electrons. The van der Waals surface area contributed by atoms with Crippen LogP contribution in [0, 0.1) is 6.92 Å². The van der Waals surface area contributed by atoms with Gasteiger partial charge in [0.2, 0.25) is 0 Å². The summed E-state index contributed by atoms with van der Waals surface area (Å²) in [5, 5.41) is 12.1. The Labute approximate surface area is 223 Å². The van der Waals surface area contributed by atoms with Crippen molar-refractivity contribution in [2.75, 3.05) is 7.05 Å². The third-order valence-electron chi connectivity index (χ3n) is 6.17. The number of benzene rings is 2. The van der Waals surface area contributed by atoms with Crippen LogP contribution in [0.3, 0.4) is 0 Å². The summed E-state index contributed by atoms with van der Waals surface area (Å²) in [6, 6.07) is 15.2. The maximum absolute atomic E-state index is 11.8. The molecular weight excluding hydrogens is 509 g/mol. The van der Waals surface area contributed by atoms with E-state index in [4.69, 9.17) is 27.9 Å². The van der Waals surface area contributed by atoms with Crippen molar-refractivity contribution >= 4 is 40.0 Å². The smallest absolute Gasteiger partial charge is 0.251 e. The Kier molecular flexibility index (Phi) is 6.82. The predicted molar refractivity (Wildman–Crippen MR) is 146 cm³/mol. The molecule has 0 saturated heterocycles. The average molecular weight is 532 g/mol. The van der Waals surface area contributed by atoms with Crippen LogP contribution in [0.2, 0.25) is 10.0 Å². The highest BCUT2D eigenvalue weighted by Gasteiger charge is 2.19. The molecule has 0 fully saturated rings. The molecule has 37 heavy (non-hydrogen) atoms. The van der Waals surface area contributed by atoms with Crippen LogP contribution in [0.4, 0.5) is 0 Å². The Balaban J connectivity index is 1.44. The topological polar surface area (TPSA) is 92.8 Å². The normalized spacial score (nSPS) is 11.9. The molecule has 2 aromatic carbocycles. The van der Waals surface area contributed by atoms with Crippen molar-refractivity contribution in [2.24, 2.45) is 0 Å². The number of nitrogens with one attached hydrogen (secondary N) is 2. The van der Waals surface area contributed by atoms with Crippen LogP contribution in [0.15, 0.2) is 67.1 Å². The number of aromatic amines is 1. The van der Waals surface area contributed by atoms with Gasteiger partial charge in [-0.3, -0.25) is 19.9 Å². The number of hydrogen-bond acceptors (Lipinski definition) is 5. The molecule has 0 saturated carbocycles. The van der Waals surface area contributed by atoms with Crippen LogP contribution in [-0.4, -0.2) is 33.1 Å². The van der Waals surface area contributed by atoms with E-state index in [1.807, 2.05) is 50.2 Å². The molecule has 1 atom stereocenters. The van der Waals surface area contributed by atoms with Crippen LogP contribution in [0.5, 0.6) is 5.75 Å². The fourth-order valence-corrected chi connectivity index (χ4v) is 4.87. The molecule has 0 aliphatic carbocycles. The minimum Gasteiger partial charge on any atom is -0.486 e. The summed E-state index contributed by atoms with van der Waals surface area (Å²) >= 11 is 12.7. The van der Waals surface area contributed by atoms with Crippen molar-refractivity contribution in [1.82, 2.24) is 25.5 Å². The molecule has 0 aliphatic rings. The standard InChI is InChI=1S/C28H23Cl2N5O2/c1-15-10-24-20(11-25(15)37-16(2)26-21(29)13-32-14-22(26)30)27(35-34-24)19-8-9-23(33-12-19)17-4-6-18(7-5-17)28(36)31-3/h4-14,16H,1-3H3,(H,31,36)(H,34,35)/t16-/m1/s1. The number of amides is 1. The van der Waals surface area contributed by atoms with Crippen molar-refractivity contribution in [2.45, 2.75) is 20.0 Å². The van der Waals surface area contributed by atoms with Crippen LogP contribution >= 0.6 is 23.2 Å². The zero-order chi connectivity index (χ0) is 26.1. The second kappa shape index (κ2) is 10.2. The highest BCUT2D eigenvalue weighted by molar-refractivity contribution is 6.35. The van der Waals surface area contributed by atoms with Gasteiger partial charge in [0.15, 0.2) is 0 Å². The number of aromatic nitrogens is 4. The Bertz CT molecular complexity index is 1580. The van der Waals surface area contributed by atoms with Crippen LogP contribution in [0.25, 0.3) is 33.4 Å². The highest BCUT2D eigenvalue weighted by atomic mass is 35.5. The molecule has 0 unspecified atom stereocenters. The number of nitrogens with zero attached hydrogens (tertiary/aromatic N) is 3. The number of aryl methyl sites for hydroxylation is 1. The molecule has 0 bridgehead atoms. The number of pyridine rings is 2. The molecule has 0 spiro atoms. The maximum atomic E-state index is 11.8. The second-order valence-electron chi connectivity index (χ2n) is 8.60. The Morgan fingerprint density at radius 2 is 1.70 bits per heavy atom. The summed E-state index contributed by atoms with van der Waals surface area (Å²) in [5.74, 6) is 0.576. The van der Waals surface area contributed by atoms with E-state index in [0.717, 1.165) is 39.0 Å². The van der Waals surface area contributed by atoms with E-state index < -0.39 is 0 Å². The maximum Gasteiger partial charge on any atom is 0.251 e. The first kappa shape index (κ1) is 24.7. The van der Waals surface area contributed by atoms with Crippen molar-refractivity contribution in [3.63, 3.8) is 0 Å². The summed E-state index contributed by atoms with van der Waals surface area (Å²) in [6.45, 7) is 3.88. The lowest BCUT2D eigenvalue weighted by Crippen LogP contribution is -2.17.